The molecule has 5 heteroatoms. The summed E-state index contributed by atoms with van der Waals surface area (Å²) in [6.45, 7) is -0.176. The van der Waals surface area contributed by atoms with Crippen molar-refractivity contribution < 1.29 is 18.6 Å². The molecule has 0 unspecified atom stereocenters. The molecule has 88 valence electrons. The zero-order chi connectivity index (χ0) is 12.3. The predicted molar refractivity (Wildman–Crippen MR) is 56.6 cm³/mol. The Morgan fingerprint density at radius 3 is 2.82 bits per heavy atom. The Hall–Kier alpha value is -2.01. The van der Waals surface area contributed by atoms with Gasteiger partial charge >= 0.3 is 0 Å². The van der Waals surface area contributed by atoms with E-state index in [9.17, 15) is 8.78 Å². The summed E-state index contributed by atoms with van der Waals surface area (Å²) in [7, 11) is 0. The normalized spacial score (nSPS) is 10.3. The second kappa shape index (κ2) is 4.88. The Kier molecular flexibility index (Phi) is 3.30. The van der Waals surface area contributed by atoms with Crippen LogP contribution in [0.5, 0.6) is 11.6 Å². The number of aromatic nitrogens is 1. The van der Waals surface area contributed by atoms with Crippen LogP contribution in [-0.4, -0.2) is 10.1 Å². The van der Waals surface area contributed by atoms with E-state index in [1.54, 1.807) is 6.07 Å². The molecule has 0 aliphatic heterocycles. The largest absolute Gasteiger partial charge is 0.436 e. The maximum atomic E-state index is 13.3. The lowest BCUT2D eigenvalue weighted by Crippen LogP contribution is -1.94. The van der Waals surface area contributed by atoms with Gasteiger partial charge in [0.05, 0.1) is 6.61 Å². The second-order valence-corrected chi connectivity index (χ2v) is 3.31. The molecule has 1 aromatic heterocycles. The van der Waals surface area contributed by atoms with Crippen LogP contribution in [0.2, 0.25) is 0 Å². The van der Waals surface area contributed by atoms with Gasteiger partial charge in [0.1, 0.15) is 0 Å². The smallest absolute Gasteiger partial charge is 0.219 e. The molecule has 17 heavy (non-hydrogen) atoms. The van der Waals surface area contributed by atoms with Crippen LogP contribution >= 0.6 is 0 Å². The summed E-state index contributed by atoms with van der Waals surface area (Å²) in [5, 5.41) is 8.91. The number of pyridine rings is 1. The number of nitrogens with zero attached hydrogens (tertiary/aromatic N) is 1. The summed E-state index contributed by atoms with van der Waals surface area (Å²) in [4.78, 5) is 3.83. The number of benzene rings is 1. The van der Waals surface area contributed by atoms with E-state index >= 15 is 0 Å². The van der Waals surface area contributed by atoms with Gasteiger partial charge in [0.2, 0.25) is 11.7 Å². The van der Waals surface area contributed by atoms with Crippen LogP contribution in [0.1, 0.15) is 5.56 Å². The zero-order valence-electron chi connectivity index (χ0n) is 8.73. The van der Waals surface area contributed by atoms with E-state index in [0.717, 1.165) is 6.07 Å². The standard InChI is InChI=1S/C12H9F2NO2/c13-9-2-1-3-10(12(9)14)17-11-6-8(7-16)4-5-15-11/h1-6,16H,7H2. The molecule has 1 N–H and O–H groups in total. The summed E-state index contributed by atoms with van der Waals surface area (Å²) >= 11 is 0. The Morgan fingerprint density at radius 2 is 2.06 bits per heavy atom. The molecule has 2 aromatic rings. The number of aliphatic hydroxyl groups excluding tert-OH is 1. The minimum absolute atomic E-state index is 0.0982. The van der Waals surface area contributed by atoms with Crippen molar-refractivity contribution in [2.75, 3.05) is 0 Å². The van der Waals surface area contributed by atoms with E-state index < -0.39 is 11.6 Å². The lowest BCUT2D eigenvalue weighted by atomic mass is 10.3. The highest BCUT2D eigenvalue weighted by Gasteiger charge is 2.10. The highest BCUT2D eigenvalue weighted by atomic mass is 19.2. The molecule has 0 fully saturated rings. The van der Waals surface area contributed by atoms with Gasteiger partial charge in [-0.1, -0.05) is 6.07 Å². The molecule has 0 saturated carbocycles. The van der Waals surface area contributed by atoms with Gasteiger partial charge in [-0.2, -0.15) is 4.39 Å². The lowest BCUT2D eigenvalue weighted by molar-refractivity contribution is 0.281. The molecule has 0 radical (unpaired) electrons. The third-order valence-corrected chi connectivity index (χ3v) is 2.11. The van der Waals surface area contributed by atoms with Gasteiger partial charge in [0, 0.05) is 12.3 Å². The molecular weight excluding hydrogens is 228 g/mol. The van der Waals surface area contributed by atoms with Crippen molar-refractivity contribution >= 4 is 0 Å². The van der Waals surface area contributed by atoms with Crippen molar-refractivity contribution in [3.63, 3.8) is 0 Å². The van der Waals surface area contributed by atoms with Crippen LogP contribution in [0.15, 0.2) is 36.5 Å². The average molecular weight is 237 g/mol. The minimum atomic E-state index is -1.07. The van der Waals surface area contributed by atoms with Gasteiger partial charge in [-0.25, -0.2) is 9.37 Å². The SMILES string of the molecule is OCc1ccnc(Oc2cccc(F)c2F)c1. The van der Waals surface area contributed by atoms with E-state index in [1.807, 2.05) is 0 Å². The fourth-order valence-corrected chi connectivity index (χ4v) is 1.28. The average Bonchev–Trinajstić information content (AvgIpc) is 2.35. The van der Waals surface area contributed by atoms with Crippen molar-refractivity contribution in [3.05, 3.63) is 53.7 Å². The van der Waals surface area contributed by atoms with E-state index in [1.165, 1.54) is 24.4 Å². The van der Waals surface area contributed by atoms with E-state index in [0.29, 0.717) is 5.56 Å². The first-order chi connectivity index (χ1) is 8.20. The summed E-state index contributed by atoms with van der Waals surface area (Å²) in [6.07, 6.45) is 1.41. The first-order valence-electron chi connectivity index (χ1n) is 4.88. The monoisotopic (exact) mass is 237 g/mol. The predicted octanol–water partition coefficient (Wildman–Crippen LogP) is 2.64. The van der Waals surface area contributed by atoms with Gasteiger partial charge in [-0.15, -0.1) is 0 Å². The lowest BCUT2D eigenvalue weighted by Gasteiger charge is -2.06. The Bertz CT molecular complexity index is 532. The zero-order valence-corrected chi connectivity index (χ0v) is 8.73. The number of aliphatic hydroxyl groups is 1. The third-order valence-electron chi connectivity index (χ3n) is 2.11. The van der Waals surface area contributed by atoms with E-state index in [-0.39, 0.29) is 18.2 Å². The number of halogens is 2. The summed E-state index contributed by atoms with van der Waals surface area (Å²) in [5.41, 5.74) is 0.576. The number of ether oxygens (including phenoxy) is 1. The maximum Gasteiger partial charge on any atom is 0.219 e. The van der Waals surface area contributed by atoms with Crippen molar-refractivity contribution in [1.29, 1.82) is 0 Å². The molecule has 1 aromatic carbocycles. The minimum Gasteiger partial charge on any atom is -0.436 e. The number of hydrogen-bond acceptors (Lipinski definition) is 3. The number of hydrogen-bond donors (Lipinski definition) is 1. The van der Waals surface area contributed by atoms with Crippen molar-refractivity contribution in [3.8, 4) is 11.6 Å². The van der Waals surface area contributed by atoms with Crippen LogP contribution in [0.25, 0.3) is 0 Å². The molecule has 2 rings (SSSR count). The highest BCUT2D eigenvalue weighted by molar-refractivity contribution is 5.30. The molecule has 0 aliphatic carbocycles. The summed E-state index contributed by atoms with van der Waals surface area (Å²) in [5.74, 6) is -2.20. The Balaban J connectivity index is 2.28. The summed E-state index contributed by atoms with van der Waals surface area (Å²) < 4.78 is 31.3. The van der Waals surface area contributed by atoms with Gasteiger partial charge in [0.25, 0.3) is 0 Å². The van der Waals surface area contributed by atoms with E-state index in [2.05, 4.69) is 4.98 Å². The quantitative estimate of drug-likeness (QED) is 0.892. The Morgan fingerprint density at radius 1 is 1.24 bits per heavy atom. The van der Waals surface area contributed by atoms with Crippen LogP contribution in [0.4, 0.5) is 8.78 Å². The van der Waals surface area contributed by atoms with E-state index in [4.69, 9.17) is 9.84 Å². The van der Waals surface area contributed by atoms with Gasteiger partial charge in [0.15, 0.2) is 11.6 Å². The molecule has 0 amide bonds. The molecule has 0 spiro atoms. The first-order valence-corrected chi connectivity index (χ1v) is 4.88. The fourth-order valence-electron chi connectivity index (χ4n) is 1.28. The van der Waals surface area contributed by atoms with Crippen molar-refractivity contribution in [1.82, 2.24) is 4.98 Å². The van der Waals surface area contributed by atoms with Crippen LogP contribution in [0.3, 0.4) is 0 Å². The van der Waals surface area contributed by atoms with Crippen LogP contribution in [0, 0.1) is 11.6 Å². The van der Waals surface area contributed by atoms with Gasteiger partial charge in [-0.05, 0) is 23.8 Å². The second-order valence-electron chi connectivity index (χ2n) is 3.31. The van der Waals surface area contributed by atoms with Gasteiger partial charge < -0.3 is 9.84 Å². The molecular formula is C12H9F2NO2. The van der Waals surface area contributed by atoms with Gasteiger partial charge in [-0.3, -0.25) is 0 Å². The topological polar surface area (TPSA) is 42.4 Å². The highest BCUT2D eigenvalue weighted by Crippen LogP contribution is 2.24. The Labute approximate surface area is 96.3 Å². The molecule has 1 heterocycles. The van der Waals surface area contributed by atoms with Crippen molar-refractivity contribution in [2.24, 2.45) is 0 Å². The van der Waals surface area contributed by atoms with Crippen LogP contribution < -0.4 is 4.74 Å². The third kappa shape index (κ3) is 2.57. The molecule has 0 aliphatic rings. The summed E-state index contributed by atoms with van der Waals surface area (Å²) in [6, 6.07) is 6.67. The maximum absolute atomic E-state index is 13.3. The molecule has 0 atom stereocenters. The van der Waals surface area contributed by atoms with Crippen LogP contribution in [-0.2, 0) is 6.61 Å². The fraction of sp³-hybridized carbons (Fsp3) is 0.0833. The molecule has 0 bridgehead atoms. The number of rotatable bonds is 3. The molecule has 3 nitrogen and oxygen atoms in total. The van der Waals surface area contributed by atoms with Crippen molar-refractivity contribution in [2.45, 2.75) is 6.61 Å². The first kappa shape index (κ1) is 11.5. The molecule has 0 saturated heterocycles.